The van der Waals surface area contributed by atoms with E-state index in [1.165, 1.54) is 37.7 Å². The third-order valence-corrected chi connectivity index (χ3v) is 7.30. The molecular formula is C26H37N3O3. The van der Waals surface area contributed by atoms with Gasteiger partial charge in [-0.1, -0.05) is 42.6 Å². The second kappa shape index (κ2) is 9.65. The van der Waals surface area contributed by atoms with Gasteiger partial charge in [0.1, 0.15) is 11.5 Å². The first-order chi connectivity index (χ1) is 15.4. The van der Waals surface area contributed by atoms with Crippen LogP contribution in [-0.2, 0) is 17.8 Å². The lowest BCUT2D eigenvalue weighted by molar-refractivity contribution is -0.139. The van der Waals surface area contributed by atoms with Crippen molar-refractivity contribution in [2.75, 3.05) is 34.3 Å². The van der Waals surface area contributed by atoms with Gasteiger partial charge in [0.05, 0.1) is 18.2 Å². The molecule has 2 aliphatic rings. The highest BCUT2D eigenvalue weighted by molar-refractivity contribution is 5.83. The van der Waals surface area contributed by atoms with Crippen molar-refractivity contribution < 1.29 is 14.1 Å². The zero-order chi connectivity index (χ0) is 22.7. The van der Waals surface area contributed by atoms with Gasteiger partial charge in [-0.3, -0.25) is 9.69 Å². The Bertz CT molecular complexity index is 932. The van der Waals surface area contributed by atoms with Crippen LogP contribution in [0.25, 0.3) is 0 Å². The van der Waals surface area contributed by atoms with Crippen LogP contribution in [0.4, 0.5) is 0 Å². The molecule has 2 aromatic rings. The van der Waals surface area contributed by atoms with Crippen LogP contribution in [0.2, 0.25) is 0 Å². The van der Waals surface area contributed by atoms with Gasteiger partial charge in [-0.05, 0) is 38.3 Å². The molecule has 6 heteroatoms. The fourth-order valence-corrected chi connectivity index (χ4v) is 5.67. The maximum Gasteiger partial charge on any atom is 0.230 e. The summed E-state index contributed by atoms with van der Waals surface area (Å²) >= 11 is 0. The molecule has 1 aromatic carbocycles. The highest BCUT2D eigenvalue weighted by Gasteiger charge is 2.46. The lowest BCUT2D eigenvalue weighted by Gasteiger charge is -2.30. The number of likely N-dealkylation sites (tertiary alicyclic amines) is 1. The molecule has 0 spiro atoms. The quantitative estimate of drug-likeness (QED) is 0.633. The molecule has 1 saturated carbocycles. The van der Waals surface area contributed by atoms with Crippen molar-refractivity contribution in [3.05, 3.63) is 46.8 Å². The minimum atomic E-state index is -0.482. The molecule has 1 aliphatic heterocycles. The normalized spacial score (nSPS) is 22.2. The van der Waals surface area contributed by atoms with Crippen molar-refractivity contribution in [1.82, 2.24) is 15.0 Å². The van der Waals surface area contributed by atoms with E-state index in [0.717, 1.165) is 42.3 Å². The Morgan fingerprint density at radius 2 is 2.06 bits per heavy atom. The molecule has 4 rings (SSSR count). The summed E-state index contributed by atoms with van der Waals surface area (Å²) in [6.45, 7) is 4.43. The van der Waals surface area contributed by atoms with Gasteiger partial charge in [0.15, 0.2) is 0 Å². The van der Waals surface area contributed by atoms with Gasteiger partial charge in [0.25, 0.3) is 0 Å². The van der Waals surface area contributed by atoms with Crippen molar-refractivity contribution in [1.29, 1.82) is 0 Å². The summed E-state index contributed by atoms with van der Waals surface area (Å²) in [5.41, 5.74) is 2.90. The van der Waals surface area contributed by atoms with Crippen molar-refractivity contribution in [3.8, 4) is 5.75 Å². The van der Waals surface area contributed by atoms with Crippen LogP contribution in [0, 0.1) is 12.3 Å². The second-order valence-electron chi connectivity index (χ2n) is 9.94. The van der Waals surface area contributed by atoms with Crippen molar-refractivity contribution in [2.24, 2.45) is 5.41 Å². The Kier molecular flexibility index (Phi) is 6.89. The van der Waals surface area contributed by atoms with Crippen LogP contribution in [0.5, 0.6) is 5.75 Å². The molecule has 32 heavy (non-hydrogen) atoms. The summed E-state index contributed by atoms with van der Waals surface area (Å²) < 4.78 is 11.4. The Hall–Kier alpha value is -2.34. The summed E-state index contributed by atoms with van der Waals surface area (Å²) in [5.74, 6) is 2.47. The fourth-order valence-electron chi connectivity index (χ4n) is 5.67. The van der Waals surface area contributed by atoms with E-state index in [9.17, 15) is 4.79 Å². The molecule has 0 bridgehead atoms. The zero-order valence-electron chi connectivity index (χ0n) is 20.0. The molecular weight excluding hydrogens is 402 g/mol. The zero-order valence-corrected chi connectivity index (χ0v) is 20.0. The molecule has 0 radical (unpaired) electrons. The predicted molar refractivity (Wildman–Crippen MR) is 125 cm³/mol. The number of para-hydroxylation sites is 1. The fraction of sp³-hybridized carbons (Fsp3) is 0.615. The van der Waals surface area contributed by atoms with E-state index in [1.807, 2.05) is 14.1 Å². The molecule has 1 amide bonds. The van der Waals surface area contributed by atoms with Gasteiger partial charge in [-0.2, -0.15) is 0 Å². The third-order valence-electron chi connectivity index (χ3n) is 7.30. The number of aryl methyl sites for hydroxylation is 1. The number of rotatable bonds is 7. The first-order valence-corrected chi connectivity index (χ1v) is 11.9. The summed E-state index contributed by atoms with van der Waals surface area (Å²) in [7, 11) is 5.43. The Morgan fingerprint density at radius 1 is 1.28 bits per heavy atom. The van der Waals surface area contributed by atoms with E-state index in [1.54, 1.807) is 12.0 Å². The lowest BCUT2D eigenvalue weighted by atomic mass is 9.80. The molecule has 6 nitrogen and oxygen atoms in total. The third kappa shape index (κ3) is 4.70. The number of ether oxygens (including phenoxy) is 1. The summed E-state index contributed by atoms with van der Waals surface area (Å²) in [6.07, 6.45) is 7.67. The topological polar surface area (TPSA) is 58.8 Å². The van der Waals surface area contributed by atoms with Crippen LogP contribution < -0.4 is 4.74 Å². The van der Waals surface area contributed by atoms with Crippen LogP contribution in [0.1, 0.15) is 67.0 Å². The average molecular weight is 440 g/mol. The molecule has 174 valence electrons. The highest BCUT2D eigenvalue weighted by Crippen LogP contribution is 2.39. The average Bonchev–Trinajstić information content (AvgIpc) is 3.42. The van der Waals surface area contributed by atoms with E-state index in [0.29, 0.717) is 18.9 Å². The summed E-state index contributed by atoms with van der Waals surface area (Å²) in [4.78, 5) is 17.5. The first kappa shape index (κ1) is 22.8. The Balaban J connectivity index is 1.51. The van der Waals surface area contributed by atoms with Gasteiger partial charge < -0.3 is 14.2 Å². The van der Waals surface area contributed by atoms with Crippen molar-refractivity contribution in [3.63, 3.8) is 0 Å². The van der Waals surface area contributed by atoms with Crippen LogP contribution >= 0.6 is 0 Å². The number of hydrogen-bond acceptors (Lipinski definition) is 5. The van der Waals surface area contributed by atoms with E-state index in [-0.39, 0.29) is 5.91 Å². The van der Waals surface area contributed by atoms with Crippen molar-refractivity contribution in [2.45, 2.75) is 64.3 Å². The minimum Gasteiger partial charge on any atom is -0.496 e. The molecule has 1 saturated heterocycles. The second-order valence-corrected chi connectivity index (χ2v) is 9.94. The Morgan fingerprint density at radius 3 is 2.78 bits per heavy atom. The number of aromatic nitrogens is 1. The molecule has 2 heterocycles. The highest BCUT2D eigenvalue weighted by atomic mass is 16.5. The molecule has 0 N–H and O–H groups in total. The smallest absolute Gasteiger partial charge is 0.230 e. The Labute approximate surface area is 191 Å². The first-order valence-electron chi connectivity index (χ1n) is 11.9. The van der Waals surface area contributed by atoms with E-state index in [4.69, 9.17) is 9.26 Å². The lowest BCUT2D eigenvalue weighted by Crippen LogP contribution is -2.43. The van der Waals surface area contributed by atoms with Gasteiger partial charge in [0.2, 0.25) is 5.91 Å². The molecule has 1 atom stereocenters. The minimum absolute atomic E-state index is 0.173. The SMILES string of the molecule is COc1c(C)cccc1CN1CCC(Cc2cc(C3CCCCC3)no2)(C(=O)N(C)C)C1. The van der Waals surface area contributed by atoms with Gasteiger partial charge in [-0.15, -0.1) is 0 Å². The monoisotopic (exact) mass is 439 g/mol. The molecule has 2 fully saturated rings. The maximum atomic E-state index is 13.4. The van der Waals surface area contributed by atoms with Crippen LogP contribution in [0.3, 0.4) is 0 Å². The van der Waals surface area contributed by atoms with Gasteiger partial charge in [-0.25, -0.2) is 0 Å². The van der Waals surface area contributed by atoms with Crippen molar-refractivity contribution >= 4 is 5.91 Å². The predicted octanol–water partition coefficient (Wildman–Crippen LogP) is 4.56. The number of amides is 1. The molecule has 1 aliphatic carbocycles. The summed E-state index contributed by atoms with van der Waals surface area (Å²) in [5, 5.41) is 4.41. The molecule has 1 unspecified atom stereocenters. The maximum absolute atomic E-state index is 13.4. The number of nitrogens with zero attached hydrogens (tertiary/aromatic N) is 3. The number of carbonyl (C=O) groups excluding carboxylic acids is 1. The van der Waals surface area contributed by atoms with E-state index in [2.05, 4.69) is 41.2 Å². The van der Waals surface area contributed by atoms with E-state index < -0.39 is 5.41 Å². The number of benzene rings is 1. The number of hydrogen-bond donors (Lipinski definition) is 0. The van der Waals surface area contributed by atoms with Crippen LogP contribution in [-0.4, -0.2) is 55.2 Å². The standard InChI is InChI=1S/C26H37N3O3/c1-19-9-8-12-21(24(19)31-4)17-29-14-13-26(18-29,25(30)28(2)3)16-22-15-23(27-32-22)20-10-6-5-7-11-20/h8-9,12,15,20H,5-7,10-11,13-14,16-18H2,1-4H3. The molecule has 1 aromatic heterocycles. The summed E-state index contributed by atoms with van der Waals surface area (Å²) in [6, 6.07) is 8.38. The largest absolute Gasteiger partial charge is 0.496 e. The number of carbonyl (C=O) groups is 1. The van der Waals surface area contributed by atoms with Crippen LogP contribution in [0.15, 0.2) is 28.8 Å². The van der Waals surface area contributed by atoms with E-state index >= 15 is 0 Å². The number of methoxy groups -OCH3 is 1. The van der Waals surface area contributed by atoms with Gasteiger partial charge >= 0.3 is 0 Å². The van der Waals surface area contributed by atoms with Gasteiger partial charge in [0, 0.05) is 51.2 Å².